The van der Waals surface area contributed by atoms with Crippen LogP contribution >= 0.6 is 0 Å². The Morgan fingerprint density at radius 2 is 1.78 bits per heavy atom. The molecule has 0 aliphatic carbocycles. The number of carbonyl (C=O) groups excluding carboxylic acids is 1. The Kier molecular flexibility index (Phi) is 5.29. The maximum absolute atomic E-state index is 12.6. The van der Waals surface area contributed by atoms with Crippen molar-refractivity contribution in [1.82, 2.24) is 15.0 Å². The van der Waals surface area contributed by atoms with E-state index in [0.29, 0.717) is 43.6 Å². The van der Waals surface area contributed by atoms with Crippen molar-refractivity contribution in [3.8, 4) is 11.4 Å². The lowest BCUT2D eigenvalue weighted by Crippen LogP contribution is -2.50. The van der Waals surface area contributed by atoms with Gasteiger partial charge >= 0.3 is 12.1 Å². The zero-order valence-electron chi connectivity index (χ0n) is 15.5. The van der Waals surface area contributed by atoms with E-state index in [2.05, 4.69) is 10.1 Å². The molecular formula is C18H22F2N4O3. The van der Waals surface area contributed by atoms with Crippen LogP contribution in [0.4, 0.5) is 19.6 Å². The molecular weight excluding hydrogens is 358 g/mol. The summed E-state index contributed by atoms with van der Waals surface area (Å²) in [5, 5.41) is 3.92. The number of carbonyl (C=O) groups is 1. The maximum atomic E-state index is 12.6. The van der Waals surface area contributed by atoms with Crippen LogP contribution in [0.15, 0.2) is 28.8 Å². The fourth-order valence-corrected chi connectivity index (χ4v) is 2.65. The molecule has 0 radical (unpaired) electrons. The SMILES string of the molecule is CC(C)(C)OC(=O)N1CCN(c2nc(-c3ccc(C(F)F)cc3)no2)CC1. The molecule has 1 aromatic carbocycles. The van der Waals surface area contributed by atoms with Crippen LogP contribution < -0.4 is 4.90 Å². The van der Waals surface area contributed by atoms with E-state index in [1.807, 2.05) is 25.7 Å². The Balaban J connectivity index is 1.60. The molecule has 0 unspecified atom stereocenters. The molecule has 1 aliphatic rings. The summed E-state index contributed by atoms with van der Waals surface area (Å²) in [6.07, 6.45) is -2.85. The minimum atomic E-state index is -2.51. The summed E-state index contributed by atoms with van der Waals surface area (Å²) in [7, 11) is 0. The van der Waals surface area contributed by atoms with Crippen molar-refractivity contribution in [1.29, 1.82) is 0 Å². The number of hydrogen-bond acceptors (Lipinski definition) is 6. The minimum absolute atomic E-state index is 0.0549. The molecule has 0 N–H and O–H groups in total. The van der Waals surface area contributed by atoms with E-state index >= 15 is 0 Å². The molecule has 7 nitrogen and oxygen atoms in total. The minimum Gasteiger partial charge on any atom is -0.444 e. The molecule has 1 saturated heterocycles. The van der Waals surface area contributed by atoms with Gasteiger partial charge in [0, 0.05) is 37.3 Å². The normalized spacial score (nSPS) is 15.3. The van der Waals surface area contributed by atoms with Gasteiger partial charge in [0.1, 0.15) is 5.60 Å². The van der Waals surface area contributed by atoms with Crippen LogP contribution in [0.25, 0.3) is 11.4 Å². The molecule has 27 heavy (non-hydrogen) atoms. The third kappa shape index (κ3) is 4.72. The smallest absolute Gasteiger partial charge is 0.410 e. The van der Waals surface area contributed by atoms with Gasteiger partial charge < -0.3 is 19.1 Å². The van der Waals surface area contributed by atoms with E-state index < -0.39 is 12.0 Å². The molecule has 1 aromatic heterocycles. The molecule has 2 aromatic rings. The van der Waals surface area contributed by atoms with Crippen molar-refractivity contribution in [2.24, 2.45) is 0 Å². The van der Waals surface area contributed by atoms with E-state index in [-0.39, 0.29) is 11.7 Å². The Morgan fingerprint density at radius 3 is 2.33 bits per heavy atom. The topological polar surface area (TPSA) is 71.7 Å². The van der Waals surface area contributed by atoms with E-state index in [9.17, 15) is 13.6 Å². The molecule has 1 amide bonds. The number of hydrogen-bond donors (Lipinski definition) is 0. The predicted octanol–water partition coefficient (Wildman–Crippen LogP) is 3.73. The largest absolute Gasteiger partial charge is 0.444 e. The number of anilines is 1. The van der Waals surface area contributed by atoms with Gasteiger partial charge in [-0.05, 0) is 20.8 Å². The number of rotatable bonds is 3. The van der Waals surface area contributed by atoms with Gasteiger partial charge in [-0.15, -0.1) is 0 Å². The summed E-state index contributed by atoms with van der Waals surface area (Å²) in [5.41, 5.74) is 0.0117. The molecule has 1 aliphatic heterocycles. The lowest BCUT2D eigenvalue weighted by Gasteiger charge is -2.34. The van der Waals surface area contributed by atoms with E-state index in [0.717, 1.165) is 0 Å². The average Bonchev–Trinajstić information content (AvgIpc) is 3.10. The monoisotopic (exact) mass is 380 g/mol. The number of nitrogens with zero attached hydrogens (tertiary/aromatic N) is 4. The third-order valence-electron chi connectivity index (χ3n) is 4.04. The number of benzene rings is 1. The van der Waals surface area contributed by atoms with Crippen LogP contribution in [0, 0.1) is 0 Å². The first-order chi connectivity index (χ1) is 12.7. The van der Waals surface area contributed by atoms with Crippen LogP contribution in [0.2, 0.25) is 0 Å². The number of amides is 1. The van der Waals surface area contributed by atoms with Crippen molar-refractivity contribution < 1.29 is 22.8 Å². The van der Waals surface area contributed by atoms with Crippen LogP contribution in [-0.2, 0) is 4.74 Å². The molecule has 9 heteroatoms. The van der Waals surface area contributed by atoms with Crippen molar-refractivity contribution in [2.45, 2.75) is 32.8 Å². The highest BCUT2D eigenvalue weighted by Gasteiger charge is 2.27. The van der Waals surface area contributed by atoms with Gasteiger partial charge in [0.05, 0.1) is 0 Å². The van der Waals surface area contributed by atoms with E-state index in [1.54, 1.807) is 4.90 Å². The summed E-state index contributed by atoms with van der Waals surface area (Å²) >= 11 is 0. The molecule has 146 valence electrons. The molecule has 1 fully saturated rings. The molecule has 3 rings (SSSR count). The fraction of sp³-hybridized carbons (Fsp3) is 0.500. The number of aromatic nitrogens is 2. The lowest BCUT2D eigenvalue weighted by molar-refractivity contribution is 0.0238. The van der Waals surface area contributed by atoms with Gasteiger partial charge in [0.25, 0.3) is 6.43 Å². The van der Waals surface area contributed by atoms with Crippen molar-refractivity contribution >= 4 is 12.1 Å². The second-order valence-electron chi connectivity index (χ2n) is 7.28. The third-order valence-corrected chi connectivity index (χ3v) is 4.04. The molecule has 0 bridgehead atoms. The first kappa shape index (κ1) is 19.1. The first-order valence-electron chi connectivity index (χ1n) is 8.68. The first-order valence-corrected chi connectivity index (χ1v) is 8.68. The molecule has 0 spiro atoms. The Morgan fingerprint density at radius 1 is 1.15 bits per heavy atom. The zero-order chi connectivity index (χ0) is 19.6. The highest BCUT2D eigenvalue weighted by Crippen LogP contribution is 2.24. The summed E-state index contributed by atoms with van der Waals surface area (Å²) in [6.45, 7) is 7.51. The van der Waals surface area contributed by atoms with Crippen LogP contribution in [0.1, 0.15) is 32.8 Å². The summed E-state index contributed by atoms with van der Waals surface area (Å²) in [4.78, 5) is 20.0. The Bertz CT molecular complexity index is 779. The van der Waals surface area contributed by atoms with Gasteiger partial charge in [-0.2, -0.15) is 4.98 Å². The van der Waals surface area contributed by atoms with Crippen molar-refractivity contribution in [3.05, 3.63) is 29.8 Å². The summed E-state index contributed by atoms with van der Waals surface area (Å²) in [6, 6.07) is 6.10. The summed E-state index contributed by atoms with van der Waals surface area (Å²) < 4.78 is 35.9. The highest BCUT2D eigenvalue weighted by molar-refractivity contribution is 5.68. The lowest BCUT2D eigenvalue weighted by atomic mass is 10.1. The van der Waals surface area contributed by atoms with Gasteiger partial charge in [-0.3, -0.25) is 0 Å². The number of ether oxygens (including phenoxy) is 1. The molecule has 0 saturated carbocycles. The van der Waals surface area contributed by atoms with Gasteiger partial charge in [0.15, 0.2) is 0 Å². The fourth-order valence-electron chi connectivity index (χ4n) is 2.65. The van der Waals surface area contributed by atoms with Crippen LogP contribution in [-0.4, -0.2) is 52.9 Å². The van der Waals surface area contributed by atoms with E-state index in [4.69, 9.17) is 9.26 Å². The number of halogens is 2. The Labute approximate surface area is 155 Å². The molecule has 2 heterocycles. The summed E-state index contributed by atoms with van der Waals surface area (Å²) in [5.74, 6) is 0.334. The van der Waals surface area contributed by atoms with E-state index in [1.165, 1.54) is 24.3 Å². The van der Waals surface area contributed by atoms with Gasteiger partial charge in [-0.25, -0.2) is 13.6 Å². The van der Waals surface area contributed by atoms with Crippen LogP contribution in [0.5, 0.6) is 0 Å². The number of alkyl halides is 2. The van der Waals surface area contributed by atoms with Crippen molar-refractivity contribution in [3.63, 3.8) is 0 Å². The highest BCUT2D eigenvalue weighted by atomic mass is 19.3. The Hall–Kier alpha value is -2.71. The second kappa shape index (κ2) is 7.50. The maximum Gasteiger partial charge on any atom is 0.410 e. The average molecular weight is 380 g/mol. The zero-order valence-corrected chi connectivity index (χ0v) is 15.5. The van der Waals surface area contributed by atoms with Gasteiger partial charge in [-0.1, -0.05) is 29.4 Å². The number of piperazine rings is 1. The van der Waals surface area contributed by atoms with Crippen LogP contribution in [0.3, 0.4) is 0 Å². The quantitative estimate of drug-likeness (QED) is 0.808. The predicted molar refractivity (Wildman–Crippen MR) is 94.7 cm³/mol. The standard InChI is InChI=1S/C18H22F2N4O3/c1-18(2,3)26-17(25)24-10-8-23(9-11-24)16-21-15(22-27-16)13-6-4-12(5-7-13)14(19)20/h4-7,14H,8-11H2,1-3H3. The van der Waals surface area contributed by atoms with Gasteiger partial charge in [0.2, 0.25) is 5.82 Å². The molecule has 0 atom stereocenters. The van der Waals surface area contributed by atoms with Crippen molar-refractivity contribution in [2.75, 3.05) is 31.1 Å². The second-order valence-corrected chi connectivity index (χ2v) is 7.28.